The van der Waals surface area contributed by atoms with Gasteiger partial charge < -0.3 is 9.80 Å². The molecule has 2 amide bonds. The Hall–Kier alpha value is -1.91. The lowest BCUT2D eigenvalue weighted by atomic mass is 9.72. The van der Waals surface area contributed by atoms with Crippen molar-refractivity contribution in [1.29, 1.82) is 0 Å². The van der Waals surface area contributed by atoms with Gasteiger partial charge in [-0.1, -0.05) is 13.8 Å². The standard InChI is InChI=1S/C22H33N3O2/c1-3-19(4-2)21(27)24-15-10-22(11-16-24)9-5-20(26)25(17-22)14-8-18-6-12-23-13-7-18/h6-7,12-13,19H,3-5,8-11,14-17H2,1-2H3. The number of pyridine rings is 1. The first-order valence-electron chi connectivity index (χ1n) is 10.5. The Balaban J connectivity index is 1.56. The summed E-state index contributed by atoms with van der Waals surface area (Å²) >= 11 is 0. The molecule has 0 atom stereocenters. The van der Waals surface area contributed by atoms with E-state index in [1.165, 1.54) is 5.56 Å². The summed E-state index contributed by atoms with van der Waals surface area (Å²) in [5.74, 6) is 0.783. The molecule has 0 radical (unpaired) electrons. The van der Waals surface area contributed by atoms with Gasteiger partial charge in [0.2, 0.25) is 11.8 Å². The summed E-state index contributed by atoms with van der Waals surface area (Å²) in [6.45, 7) is 7.53. The molecule has 3 rings (SSSR count). The van der Waals surface area contributed by atoms with Gasteiger partial charge in [0.25, 0.3) is 0 Å². The number of aromatic nitrogens is 1. The second kappa shape index (κ2) is 8.85. The lowest BCUT2D eigenvalue weighted by Crippen LogP contribution is -2.53. The summed E-state index contributed by atoms with van der Waals surface area (Å²) in [5.41, 5.74) is 1.43. The molecule has 2 aliphatic heterocycles. The third kappa shape index (κ3) is 4.69. The zero-order valence-corrected chi connectivity index (χ0v) is 16.8. The van der Waals surface area contributed by atoms with Crippen LogP contribution in [-0.4, -0.2) is 52.8 Å². The van der Waals surface area contributed by atoms with E-state index >= 15 is 0 Å². The average molecular weight is 372 g/mol. The summed E-state index contributed by atoms with van der Waals surface area (Å²) in [6.07, 6.45) is 10.0. The molecule has 1 spiro atoms. The van der Waals surface area contributed by atoms with Crippen LogP contribution in [0.2, 0.25) is 0 Å². The molecular formula is C22H33N3O2. The second-order valence-corrected chi connectivity index (χ2v) is 8.26. The molecule has 0 aliphatic carbocycles. The molecule has 3 heterocycles. The van der Waals surface area contributed by atoms with Gasteiger partial charge in [-0.15, -0.1) is 0 Å². The van der Waals surface area contributed by atoms with Gasteiger partial charge in [0, 0.05) is 50.9 Å². The van der Waals surface area contributed by atoms with Crippen molar-refractivity contribution in [2.45, 2.75) is 58.8 Å². The number of hydrogen-bond donors (Lipinski definition) is 0. The minimum Gasteiger partial charge on any atom is -0.342 e. The van der Waals surface area contributed by atoms with E-state index in [1.54, 1.807) is 12.4 Å². The lowest BCUT2D eigenvalue weighted by molar-refractivity contribution is -0.144. The van der Waals surface area contributed by atoms with Crippen LogP contribution in [0.15, 0.2) is 24.5 Å². The maximum atomic E-state index is 12.7. The Morgan fingerprint density at radius 1 is 1.15 bits per heavy atom. The average Bonchev–Trinajstić information content (AvgIpc) is 2.71. The smallest absolute Gasteiger partial charge is 0.225 e. The number of hydrogen-bond acceptors (Lipinski definition) is 3. The number of carbonyl (C=O) groups is 2. The summed E-state index contributed by atoms with van der Waals surface area (Å²) in [6, 6.07) is 4.04. The van der Waals surface area contributed by atoms with Crippen LogP contribution < -0.4 is 0 Å². The summed E-state index contributed by atoms with van der Waals surface area (Å²) in [4.78, 5) is 33.3. The predicted molar refractivity (Wildman–Crippen MR) is 106 cm³/mol. The van der Waals surface area contributed by atoms with E-state index in [0.29, 0.717) is 12.3 Å². The fraction of sp³-hybridized carbons (Fsp3) is 0.682. The van der Waals surface area contributed by atoms with E-state index in [1.807, 2.05) is 12.1 Å². The quantitative estimate of drug-likeness (QED) is 0.771. The molecule has 0 saturated carbocycles. The second-order valence-electron chi connectivity index (χ2n) is 8.26. The van der Waals surface area contributed by atoms with Crippen LogP contribution in [0.1, 0.15) is 57.9 Å². The fourth-order valence-corrected chi connectivity index (χ4v) is 4.63. The number of likely N-dealkylation sites (tertiary alicyclic amines) is 2. The van der Waals surface area contributed by atoms with Gasteiger partial charge >= 0.3 is 0 Å². The van der Waals surface area contributed by atoms with Crippen molar-refractivity contribution in [3.63, 3.8) is 0 Å². The molecule has 2 fully saturated rings. The van der Waals surface area contributed by atoms with Crippen LogP contribution >= 0.6 is 0 Å². The van der Waals surface area contributed by atoms with Crippen molar-refractivity contribution in [2.75, 3.05) is 26.2 Å². The third-order valence-corrected chi connectivity index (χ3v) is 6.64. The van der Waals surface area contributed by atoms with E-state index in [4.69, 9.17) is 0 Å². The predicted octanol–water partition coefficient (Wildman–Crippen LogP) is 3.29. The number of amides is 2. The Morgan fingerprint density at radius 2 is 1.81 bits per heavy atom. The van der Waals surface area contributed by atoms with E-state index in [2.05, 4.69) is 28.6 Å². The monoisotopic (exact) mass is 371 g/mol. The molecule has 0 unspecified atom stereocenters. The largest absolute Gasteiger partial charge is 0.342 e. The van der Waals surface area contributed by atoms with Gasteiger partial charge in [-0.2, -0.15) is 0 Å². The van der Waals surface area contributed by atoms with E-state index in [0.717, 1.165) is 64.7 Å². The summed E-state index contributed by atoms with van der Waals surface area (Å²) in [7, 11) is 0. The van der Waals surface area contributed by atoms with E-state index < -0.39 is 0 Å². The maximum Gasteiger partial charge on any atom is 0.225 e. The molecule has 0 aromatic carbocycles. The van der Waals surface area contributed by atoms with Crippen molar-refractivity contribution >= 4 is 11.8 Å². The minimum absolute atomic E-state index is 0.170. The molecule has 0 N–H and O–H groups in total. The van der Waals surface area contributed by atoms with Crippen LogP contribution in [0.5, 0.6) is 0 Å². The van der Waals surface area contributed by atoms with Gasteiger partial charge in [0.05, 0.1) is 0 Å². The van der Waals surface area contributed by atoms with Crippen molar-refractivity contribution in [1.82, 2.24) is 14.8 Å². The van der Waals surface area contributed by atoms with E-state index in [-0.39, 0.29) is 17.2 Å². The minimum atomic E-state index is 0.170. The fourth-order valence-electron chi connectivity index (χ4n) is 4.63. The van der Waals surface area contributed by atoms with Crippen LogP contribution in [0.4, 0.5) is 0 Å². The first-order chi connectivity index (χ1) is 13.1. The van der Waals surface area contributed by atoms with Gasteiger partial charge in [-0.3, -0.25) is 14.6 Å². The molecule has 2 saturated heterocycles. The maximum absolute atomic E-state index is 12.7. The van der Waals surface area contributed by atoms with Crippen molar-refractivity contribution < 1.29 is 9.59 Å². The molecule has 0 bridgehead atoms. The summed E-state index contributed by atoms with van der Waals surface area (Å²) < 4.78 is 0. The molecule has 27 heavy (non-hydrogen) atoms. The zero-order valence-electron chi connectivity index (χ0n) is 16.8. The van der Waals surface area contributed by atoms with Crippen LogP contribution in [0, 0.1) is 11.3 Å². The normalized spacial score (nSPS) is 19.7. The third-order valence-electron chi connectivity index (χ3n) is 6.64. The number of carbonyl (C=O) groups excluding carboxylic acids is 2. The molecule has 2 aliphatic rings. The zero-order chi connectivity index (χ0) is 19.3. The first-order valence-corrected chi connectivity index (χ1v) is 10.5. The van der Waals surface area contributed by atoms with E-state index in [9.17, 15) is 9.59 Å². The Labute approximate surface area is 163 Å². The Bertz CT molecular complexity index is 634. The van der Waals surface area contributed by atoms with Crippen LogP contribution in [-0.2, 0) is 16.0 Å². The highest BCUT2D eigenvalue weighted by Crippen LogP contribution is 2.40. The van der Waals surface area contributed by atoms with Gasteiger partial charge in [0.15, 0.2) is 0 Å². The highest BCUT2D eigenvalue weighted by molar-refractivity contribution is 5.79. The van der Waals surface area contributed by atoms with Crippen molar-refractivity contribution in [3.8, 4) is 0 Å². The SMILES string of the molecule is CCC(CC)C(=O)N1CCC2(CCC(=O)N(CCc3ccncc3)C2)CC1. The number of piperidine rings is 2. The highest BCUT2D eigenvalue weighted by atomic mass is 16.2. The lowest BCUT2D eigenvalue weighted by Gasteiger charge is -2.48. The Kier molecular flexibility index (Phi) is 6.51. The van der Waals surface area contributed by atoms with Gasteiger partial charge in [-0.05, 0) is 61.6 Å². The molecule has 5 nitrogen and oxygen atoms in total. The van der Waals surface area contributed by atoms with Crippen LogP contribution in [0.25, 0.3) is 0 Å². The Morgan fingerprint density at radius 3 is 2.44 bits per heavy atom. The highest BCUT2D eigenvalue weighted by Gasteiger charge is 2.41. The molecule has 1 aromatic heterocycles. The number of nitrogens with zero attached hydrogens (tertiary/aromatic N) is 3. The van der Waals surface area contributed by atoms with Crippen LogP contribution in [0.3, 0.4) is 0 Å². The summed E-state index contributed by atoms with van der Waals surface area (Å²) in [5, 5.41) is 0. The molecule has 5 heteroatoms. The van der Waals surface area contributed by atoms with Gasteiger partial charge in [0.1, 0.15) is 0 Å². The molecular weight excluding hydrogens is 338 g/mol. The van der Waals surface area contributed by atoms with Crippen molar-refractivity contribution in [3.05, 3.63) is 30.1 Å². The topological polar surface area (TPSA) is 53.5 Å². The molecule has 1 aromatic rings. The number of rotatable bonds is 6. The first kappa shape index (κ1) is 19.8. The molecule has 148 valence electrons. The van der Waals surface area contributed by atoms with Crippen molar-refractivity contribution in [2.24, 2.45) is 11.3 Å². The van der Waals surface area contributed by atoms with Gasteiger partial charge in [-0.25, -0.2) is 0 Å².